The zero-order chi connectivity index (χ0) is 24.5. The van der Waals surface area contributed by atoms with Crippen LogP contribution in [0.25, 0.3) is 0 Å². The Labute approximate surface area is 202 Å². The van der Waals surface area contributed by atoms with E-state index in [1.807, 2.05) is 32.0 Å². The van der Waals surface area contributed by atoms with E-state index in [9.17, 15) is 18.0 Å². The van der Waals surface area contributed by atoms with E-state index in [2.05, 4.69) is 16.1 Å². The normalized spacial score (nSPS) is 18.4. The summed E-state index contributed by atoms with van der Waals surface area (Å²) in [5, 5.41) is 3.10. The highest BCUT2D eigenvalue weighted by Crippen LogP contribution is 2.31. The molecule has 8 heteroatoms. The van der Waals surface area contributed by atoms with Crippen LogP contribution in [0.5, 0.6) is 0 Å². The molecular formula is C26H33N3O4S. The number of nitrogens with one attached hydrogen (secondary N) is 2. The molecule has 4 rings (SSSR count). The van der Waals surface area contributed by atoms with Gasteiger partial charge in [0.1, 0.15) is 6.04 Å². The monoisotopic (exact) mass is 483 g/mol. The minimum atomic E-state index is -3.93. The van der Waals surface area contributed by atoms with Crippen molar-refractivity contribution < 1.29 is 18.0 Å². The molecule has 0 radical (unpaired) electrons. The molecule has 2 aromatic rings. The molecule has 1 aliphatic heterocycles. The van der Waals surface area contributed by atoms with Crippen LogP contribution in [0.2, 0.25) is 0 Å². The second-order valence-corrected chi connectivity index (χ2v) is 11.4. The fourth-order valence-electron chi connectivity index (χ4n) is 4.98. The SMILES string of the molecule is CC(=O)N1CCc2cc(S(=O)(=O)N[C@H](CC(C)C)C(=O)N[C@H]3CCCc4ccccc43)ccc21. The second-order valence-electron chi connectivity index (χ2n) is 9.67. The number of anilines is 1. The summed E-state index contributed by atoms with van der Waals surface area (Å²) in [6.07, 6.45) is 3.80. The third kappa shape index (κ3) is 5.18. The van der Waals surface area contributed by atoms with Crippen molar-refractivity contribution in [1.82, 2.24) is 10.0 Å². The molecule has 0 saturated carbocycles. The van der Waals surface area contributed by atoms with Crippen molar-refractivity contribution in [1.29, 1.82) is 0 Å². The van der Waals surface area contributed by atoms with Crippen molar-refractivity contribution in [2.45, 2.75) is 69.9 Å². The summed E-state index contributed by atoms with van der Waals surface area (Å²) in [4.78, 5) is 26.9. The van der Waals surface area contributed by atoms with Crippen molar-refractivity contribution in [3.8, 4) is 0 Å². The summed E-state index contributed by atoms with van der Waals surface area (Å²) in [6, 6.07) is 11.9. The average Bonchev–Trinajstić information content (AvgIpc) is 3.22. The predicted molar refractivity (Wildman–Crippen MR) is 132 cm³/mol. The molecule has 1 heterocycles. The number of benzene rings is 2. The van der Waals surface area contributed by atoms with Gasteiger partial charge >= 0.3 is 0 Å². The number of carbonyl (C=O) groups excluding carboxylic acids is 2. The van der Waals surface area contributed by atoms with Gasteiger partial charge in [-0.2, -0.15) is 4.72 Å². The largest absolute Gasteiger partial charge is 0.348 e. The Kier molecular flexibility index (Phi) is 7.09. The van der Waals surface area contributed by atoms with Gasteiger partial charge < -0.3 is 10.2 Å². The molecule has 0 bridgehead atoms. The maximum atomic E-state index is 13.3. The molecule has 2 atom stereocenters. The van der Waals surface area contributed by atoms with Crippen molar-refractivity contribution in [2.75, 3.05) is 11.4 Å². The molecule has 0 unspecified atom stereocenters. The van der Waals surface area contributed by atoms with E-state index >= 15 is 0 Å². The Morgan fingerprint density at radius 1 is 1.09 bits per heavy atom. The van der Waals surface area contributed by atoms with Crippen LogP contribution < -0.4 is 14.9 Å². The fraction of sp³-hybridized carbons (Fsp3) is 0.462. The van der Waals surface area contributed by atoms with Crippen LogP contribution in [0.1, 0.15) is 62.8 Å². The molecule has 2 amide bonds. The van der Waals surface area contributed by atoms with Crippen LogP contribution in [0.15, 0.2) is 47.4 Å². The third-order valence-corrected chi connectivity index (χ3v) is 8.11. The maximum Gasteiger partial charge on any atom is 0.241 e. The van der Waals surface area contributed by atoms with E-state index in [0.29, 0.717) is 19.4 Å². The van der Waals surface area contributed by atoms with Gasteiger partial charge in [0.25, 0.3) is 0 Å². The molecule has 34 heavy (non-hydrogen) atoms. The van der Waals surface area contributed by atoms with Crippen LogP contribution in [-0.2, 0) is 32.5 Å². The van der Waals surface area contributed by atoms with Gasteiger partial charge in [-0.1, -0.05) is 38.1 Å². The number of rotatable bonds is 7. The first-order valence-corrected chi connectivity index (χ1v) is 13.5. The molecule has 0 fully saturated rings. The van der Waals surface area contributed by atoms with Crippen molar-refractivity contribution in [3.05, 3.63) is 59.2 Å². The van der Waals surface area contributed by atoms with E-state index in [-0.39, 0.29) is 28.7 Å². The van der Waals surface area contributed by atoms with E-state index in [1.165, 1.54) is 18.6 Å². The lowest BCUT2D eigenvalue weighted by Crippen LogP contribution is -2.48. The van der Waals surface area contributed by atoms with Crippen LogP contribution >= 0.6 is 0 Å². The summed E-state index contributed by atoms with van der Waals surface area (Å²) < 4.78 is 29.2. The van der Waals surface area contributed by atoms with Gasteiger partial charge in [-0.3, -0.25) is 9.59 Å². The van der Waals surface area contributed by atoms with Crippen LogP contribution in [0.3, 0.4) is 0 Å². The molecule has 2 N–H and O–H groups in total. The first-order valence-electron chi connectivity index (χ1n) is 12.0. The second kappa shape index (κ2) is 9.88. The number of carbonyl (C=O) groups is 2. The van der Waals surface area contributed by atoms with E-state index in [1.54, 1.807) is 17.0 Å². The lowest BCUT2D eigenvalue weighted by molar-refractivity contribution is -0.124. The highest BCUT2D eigenvalue weighted by molar-refractivity contribution is 7.89. The molecule has 2 aliphatic rings. The summed E-state index contributed by atoms with van der Waals surface area (Å²) >= 11 is 0. The highest BCUT2D eigenvalue weighted by atomic mass is 32.2. The Balaban J connectivity index is 1.53. The van der Waals surface area contributed by atoms with Gasteiger partial charge in [-0.05, 0) is 72.9 Å². The van der Waals surface area contributed by atoms with Gasteiger partial charge in [0.15, 0.2) is 0 Å². The van der Waals surface area contributed by atoms with Gasteiger partial charge in [0, 0.05) is 19.2 Å². The standard InChI is InChI=1S/C26H33N3O4S/c1-17(2)15-24(26(31)27-23-10-6-8-19-7-4-5-9-22(19)23)28-34(32,33)21-11-12-25-20(16-21)13-14-29(25)18(3)30/h4-5,7,9,11-12,16-17,23-24,28H,6,8,10,13-15H2,1-3H3,(H,27,31)/t23-,24+/m0/s1. The van der Waals surface area contributed by atoms with E-state index < -0.39 is 16.1 Å². The van der Waals surface area contributed by atoms with Gasteiger partial charge in [0.05, 0.1) is 10.9 Å². The number of sulfonamides is 1. The van der Waals surface area contributed by atoms with Crippen LogP contribution in [-0.4, -0.2) is 32.8 Å². The fourth-order valence-corrected chi connectivity index (χ4v) is 6.24. The molecule has 1 aliphatic carbocycles. The van der Waals surface area contributed by atoms with Crippen molar-refractivity contribution in [3.63, 3.8) is 0 Å². The molecule has 0 saturated heterocycles. The Morgan fingerprint density at radius 2 is 1.85 bits per heavy atom. The first-order chi connectivity index (χ1) is 16.2. The Hall–Kier alpha value is -2.71. The predicted octanol–water partition coefficient (Wildman–Crippen LogP) is 3.48. The Bertz CT molecular complexity index is 1190. The van der Waals surface area contributed by atoms with Crippen molar-refractivity contribution in [2.24, 2.45) is 5.92 Å². The van der Waals surface area contributed by atoms with E-state index in [0.717, 1.165) is 36.1 Å². The number of aryl methyl sites for hydroxylation is 1. The summed E-state index contributed by atoms with van der Waals surface area (Å²) in [5.41, 5.74) is 3.92. The smallest absolute Gasteiger partial charge is 0.241 e. The molecule has 182 valence electrons. The van der Waals surface area contributed by atoms with Crippen LogP contribution in [0.4, 0.5) is 5.69 Å². The van der Waals surface area contributed by atoms with E-state index in [4.69, 9.17) is 0 Å². The molecule has 0 spiro atoms. The third-order valence-electron chi connectivity index (χ3n) is 6.64. The Morgan fingerprint density at radius 3 is 2.59 bits per heavy atom. The number of amides is 2. The quantitative estimate of drug-likeness (QED) is 0.630. The zero-order valence-corrected chi connectivity index (χ0v) is 20.8. The van der Waals surface area contributed by atoms with Crippen LogP contribution in [0, 0.1) is 5.92 Å². The van der Waals surface area contributed by atoms with Gasteiger partial charge in [-0.25, -0.2) is 8.42 Å². The van der Waals surface area contributed by atoms with Crippen molar-refractivity contribution >= 4 is 27.5 Å². The minimum absolute atomic E-state index is 0.0644. The molecule has 0 aromatic heterocycles. The number of nitrogens with zero attached hydrogens (tertiary/aromatic N) is 1. The number of fused-ring (bicyclic) bond motifs is 2. The number of hydrogen-bond donors (Lipinski definition) is 2. The molecular weight excluding hydrogens is 450 g/mol. The first kappa shape index (κ1) is 24.4. The maximum absolute atomic E-state index is 13.3. The summed E-state index contributed by atoms with van der Waals surface area (Å²) in [7, 11) is -3.93. The summed E-state index contributed by atoms with van der Waals surface area (Å²) in [6.45, 7) is 5.98. The zero-order valence-electron chi connectivity index (χ0n) is 20.0. The lowest BCUT2D eigenvalue weighted by atomic mass is 9.87. The molecule has 7 nitrogen and oxygen atoms in total. The topological polar surface area (TPSA) is 95.6 Å². The number of hydrogen-bond acceptors (Lipinski definition) is 4. The highest BCUT2D eigenvalue weighted by Gasteiger charge is 2.31. The minimum Gasteiger partial charge on any atom is -0.348 e. The average molecular weight is 484 g/mol. The molecule has 2 aromatic carbocycles. The van der Waals surface area contributed by atoms with Gasteiger partial charge in [0.2, 0.25) is 21.8 Å². The van der Waals surface area contributed by atoms with Gasteiger partial charge in [-0.15, -0.1) is 0 Å². The lowest BCUT2D eigenvalue weighted by Gasteiger charge is -2.29. The summed E-state index contributed by atoms with van der Waals surface area (Å²) in [5.74, 6) is -0.241.